The van der Waals surface area contributed by atoms with Gasteiger partial charge in [0.05, 0.1) is 13.0 Å². The molecule has 0 aromatic carbocycles. The highest BCUT2D eigenvalue weighted by atomic mass is 127. The van der Waals surface area contributed by atoms with Gasteiger partial charge in [-0.3, -0.25) is 9.79 Å². The average Bonchev–Trinajstić information content (AvgIpc) is 2.50. The van der Waals surface area contributed by atoms with Gasteiger partial charge in [0.25, 0.3) is 0 Å². The molecule has 0 aromatic heterocycles. The monoisotopic (exact) mass is 429 g/mol. The van der Waals surface area contributed by atoms with Crippen molar-refractivity contribution in [3.05, 3.63) is 0 Å². The third-order valence-corrected chi connectivity index (χ3v) is 4.30. The van der Waals surface area contributed by atoms with Crippen molar-refractivity contribution in [2.45, 2.75) is 25.7 Å². The van der Waals surface area contributed by atoms with Crippen molar-refractivity contribution in [1.82, 2.24) is 10.2 Å². The van der Waals surface area contributed by atoms with E-state index in [9.17, 15) is 4.79 Å². The Balaban J connectivity index is 0.00000400. The van der Waals surface area contributed by atoms with E-state index in [1.54, 1.807) is 0 Å². The molecule has 1 N–H and O–H groups in total. The van der Waals surface area contributed by atoms with Gasteiger partial charge < -0.3 is 15.0 Å². The summed E-state index contributed by atoms with van der Waals surface area (Å²) >= 11 is 1.89. The molecule has 1 saturated heterocycles. The van der Waals surface area contributed by atoms with Gasteiger partial charge in [-0.15, -0.1) is 24.0 Å². The minimum Gasteiger partial charge on any atom is -0.469 e. The molecular formula is C14H28IN3O2S. The summed E-state index contributed by atoms with van der Waals surface area (Å²) in [6.45, 7) is 2.69. The molecule has 0 amide bonds. The molecule has 0 aromatic rings. The summed E-state index contributed by atoms with van der Waals surface area (Å²) in [7, 11) is 3.28. The number of guanidine groups is 1. The van der Waals surface area contributed by atoms with Gasteiger partial charge in [0, 0.05) is 26.7 Å². The Morgan fingerprint density at radius 1 is 1.38 bits per heavy atom. The number of methoxy groups -OCH3 is 1. The minimum absolute atomic E-state index is 0. The number of hydrogen-bond acceptors (Lipinski definition) is 4. The van der Waals surface area contributed by atoms with E-state index in [0.717, 1.165) is 38.4 Å². The second-order valence-corrected chi connectivity index (χ2v) is 5.94. The number of rotatable bonds is 6. The summed E-state index contributed by atoms with van der Waals surface area (Å²) < 4.78 is 4.81. The van der Waals surface area contributed by atoms with Gasteiger partial charge in [-0.25, -0.2) is 0 Å². The lowest BCUT2D eigenvalue weighted by Crippen LogP contribution is -2.46. The quantitative estimate of drug-likeness (QED) is 0.231. The molecule has 1 aliphatic heterocycles. The first kappa shape index (κ1) is 20.8. The second kappa shape index (κ2) is 12.4. The zero-order chi connectivity index (χ0) is 14.8. The Bertz CT molecular complexity index is 321. The van der Waals surface area contributed by atoms with Crippen LogP contribution in [0.3, 0.4) is 0 Å². The standard InChI is InChI=1S/C14H27N3O2S.HI/c1-15-14(16-8-4-5-11-20-3)17-9-6-12(7-10-17)13(18)19-2;/h12H,4-11H2,1-3H3,(H,15,16);1H. The predicted molar refractivity (Wildman–Crippen MR) is 101 cm³/mol. The van der Waals surface area contributed by atoms with Crippen LogP contribution in [0.25, 0.3) is 0 Å². The van der Waals surface area contributed by atoms with Crippen molar-refractivity contribution < 1.29 is 9.53 Å². The maximum atomic E-state index is 11.5. The number of nitrogens with one attached hydrogen (secondary N) is 1. The number of thioether (sulfide) groups is 1. The maximum Gasteiger partial charge on any atom is 0.308 e. The molecule has 5 nitrogen and oxygen atoms in total. The van der Waals surface area contributed by atoms with Gasteiger partial charge in [-0.2, -0.15) is 11.8 Å². The number of ether oxygens (including phenoxy) is 1. The van der Waals surface area contributed by atoms with Gasteiger partial charge >= 0.3 is 5.97 Å². The first-order valence-electron chi connectivity index (χ1n) is 7.25. The topological polar surface area (TPSA) is 53.9 Å². The van der Waals surface area contributed by atoms with Gasteiger partial charge in [-0.05, 0) is 37.7 Å². The summed E-state index contributed by atoms with van der Waals surface area (Å²) in [6, 6.07) is 0. The van der Waals surface area contributed by atoms with Gasteiger partial charge in [0.15, 0.2) is 5.96 Å². The highest BCUT2D eigenvalue weighted by molar-refractivity contribution is 14.0. The molecule has 1 fully saturated rings. The Morgan fingerprint density at radius 3 is 2.57 bits per heavy atom. The Kier molecular flexibility index (Phi) is 12.3. The number of aliphatic imine (C=N–C) groups is 1. The molecule has 0 radical (unpaired) electrons. The van der Waals surface area contributed by atoms with E-state index in [4.69, 9.17) is 4.74 Å². The van der Waals surface area contributed by atoms with Crippen LogP contribution in [-0.2, 0) is 9.53 Å². The van der Waals surface area contributed by atoms with Crippen LogP contribution in [-0.4, -0.2) is 62.6 Å². The third kappa shape index (κ3) is 7.58. The predicted octanol–water partition coefficient (Wildman–Crippen LogP) is 2.21. The molecule has 0 aliphatic carbocycles. The first-order chi connectivity index (χ1) is 9.72. The largest absolute Gasteiger partial charge is 0.469 e. The molecule has 1 aliphatic rings. The number of carbonyl (C=O) groups excluding carboxylic acids is 1. The normalized spacial score (nSPS) is 16.3. The fourth-order valence-electron chi connectivity index (χ4n) is 2.40. The molecule has 0 saturated carbocycles. The number of unbranched alkanes of at least 4 members (excludes halogenated alkanes) is 1. The zero-order valence-corrected chi connectivity index (χ0v) is 16.4. The van der Waals surface area contributed by atoms with Gasteiger partial charge in [0.1, 0.15) is 0 Å². The molecule has 0 atom stereocenters. The molecule has 21 heavy (non-hydrogen) atoms. The first-order valence-corrected chi connectivity index (χ1v) is 8.64. The van der Waals surface area contributed by atoms with Crippen molar-refractivity contribution in [2.75, 3.05) is 45.8 Å². The third-order valence-electron chi connectivity index (χ3n) is 3.60. The molecule has 0 unspecified atom stereocenters. The number of likely N-dealkylation sites (tertiary alicyclic amines) is 1. The van der Waals surface area contributed by atoms with Crippen LogP contribution in [0, 0.1) is 5.92 Å². The van der Waals surface area contributed by atoms with Gasteiger partial charge in [-0.1, -0.05) is 0 Å². The summed E-state index contributed by atoms with van der Waals surface area (Å²) in [5, 5.41) is 3.41. The van der Waals surface area contributed by atoms with Crippen molar-refractivity contribution in [3.63, 3.8) is 0 Å². The molecule has 0 spiro atoms. The average molecular weight is 429 g/mol. The van der Waals surface area contributed by atoms with Crippen molar-refractivity contribution >= 4 is 47.7 Å². The van der Waals surface area contributed by atoms with Crippen LogP contribution in [0.2, 0.25) is 0 Å². The van der Waals surface area contributed by atoms with E-state index in [0.29, 0.717) is 0 Å². The summed E-state index contributed by atoms with van der Waals surface area (Å²) in [5.74, 6) is 2.14. The Hall–Kier alpha value is -0.180. The Morgan fingerprint density at radius 2 is 2.05 bits per heavy atom. The molecule has 1 heterocycles. The highest BCUT2D eigenvalue weighted by Gasteiger charge is 2.26. The van der Waals surface area contributed by atoms with Crippen LogP contribution in [0.15, 0.2) is 4.99 Å². The van der Waals surface area contributed by atoms with E-state index in [1.165, 1.54) is 25.7 Å². The lowest BCUT2D eigenvalue weighted by Gasteiger charge is -2.33. The number of hydrogen-bond donors (Lipinski definition) is 1. The lowest BCUT2D eigenvalue weighted by atomic mass is 9.97. The van der Waals surface area contributed by atoms with Crippen molar-refractivity contribution in [1.29, 1.82) is 0 Å². The maximum absolute atomic E-state index is 11.5. The summed E-state index contributed by atoms with van der Waals surface area (Å²) in [6.07, 6.45) is 6.23. The number of nitrogens with zero attached hydrogens (tertiary/aromatic N) is 2. The number of carbonyl (C=O) groups is 1. The second-order valence-electron chi connectivity index (χ2n) is 4.96. The van der Waals surface area contributed by atoms with Gasteiger partial charge in [0.2, 0.25) is 0 Å². The highest BCUT2D eigenvalue weighted by Crippen LogP contribution is 2.18. The van der Waals surface area contributed by atoms with Crippen LogP contribution in [0.1, 0.15) is 25.7 Å². The molecule has 124 valence electrons. The summed E-state index contributed by atoms with van der Waals surface area (Å²) in [4.78, 5) is 18.1. The van der Waals surface area contributed by atoms with E-state index >= 15 is 0 Å². The minimum atomic E-state index is -0.0790. The molecule has 7 heteroatoms. The van der Waals surface area contributed by atoms with Crippen LogP contribution in [0.5, 0.6) is 0 Å². The Labute approximate surface area is 149 Å². The van der Waals surface area contributed by atoms with Crippen LogP contribution >= 0.6 is 35.7 Å². The van der Waals surface area contributed by atoms with E-state index < -0.39 is 0 Å². The van der Waals surface area contributed by atoms with Crippen LogP contribution < -0.4 is 5.32 Å². The number of esters is 1. The van der Waals surface area contributed by atoms with E-state index in [-0.39, 0.29) is 35.9 Å². The molecular weight excluding hydrogens is 401 g/mol. The number of halogens is 1. The molecule has 1 rings (SSSR count). The zero-order valence-electron chi connectivity index (χ0n) is 13.3. The molecule has 0 bridgehead atoms. The SMILES string of the molecule is CN=C(NCCCCSC)N1CCC(C(=O)OC)CC1.I. The van der Waals surface area contributed by atoms with Crippen LogP contribution in [0.4, 0.5) is 0 Å². The fraction of sp³-hybridized carbons (Fsp3) is 0.857. The summed E-state index contributed by atoms with van der Waals surface area (Å²) in [5.41, 5.74) is 0. The lowest BCUT2D eigenvalue weighted by molar-refractivity contribution is -0.146. The smallest absolute Gasteiger partial charge is 0.308 e. The fourth-order valence-corrected chi connectivity index (χ4v) is 2.89. The number of piperidine rings is 1. The van der Waals surface area contributed by atoms with E-state index in [1.807, 2.05) is 18.8 Å². The van der Waals surface area contributed by atoms with E-state index in [2.05, 4.69) is 21.5 Å². The van der Waals surface area contributed by atoms with Crippen molar-refractivity contribution in [2.24, 2.45) is 10.9 Å². The van der Waals surface area contributed by atoms with Crippen molar-refractivity contribution in [3.8, 4) is 0 Å².